The highest BCUT2D eigenvalue weighted by molar-refractivity contribution is 6.09. The van der Waals surface area contributed by atoms with Gasteiger partial charge in [0.05, 0.1) is 6.54 Å². The van der Waals surface area contributed by atoms with E-state index >= 15 is 0 Å². The van der Waals surface area contributed by atoms with Crippen molar-refractivity contribution in [2.75, 3.05) is 5.32 Å². The van der Waals surface area contributed by atoms with E-state index < -0.39 is 5.82 Å². The number of aliphatic imine (C=N–C) groups is 1. The summed E-state index contributed by atoms with van der Waals surface area (Å²) in [4.78, 5) is 21.0. The Labute approximate surface area is 163 Å². The first-order valence-electron chi connectivity index (χ1n) is 9.00. The van der Waals surface area contributed by atoms with Crippen LogP contribution in [0, 0.1) is 5.82 Å². The summed E-state index contributed by atoms with van der Waals surface area (Å²) in [6.45, 7) is 2.47. The molecule has 2 N–H and O–H groups in total. The maximum Gasteiger partial charge on any atom is 0.257 e. The third kappa shape index (κ3) is 5.48. The Morgan fingerprint density at radius 1 is 0.964 bits per heavy atom. The van der Waals surface area contributed by atoms with Gasteiger partial charge in [0.15, 0.2) is 0 Å². The van der Waals surface area contributed by atoms with Gasteiger partial charge in [-0.1, -0.05) is 19.1 Å². The van der Waals surface area contributed by atoms with E-state index in [1.54, 1.807) is 12.4 Å². The van der Waals surface area contributed by atoms with Crippen LogP contribution in [-0.2, 0) is 13.0 Å². The van der Waals surface area contributed by atoms with Gasteiger partial charge < -0.3 is 5.32 Å². The van der Waals surface area contributed by atoms with Gasteiger partial charge in [0, 0.05) is 23.6 Å². The summed E-state index contributed by atoms with van der Waals surface area (Å²) in [6, 6.07) is 17.0. The van der Waals surface area contributed by atoms with E-state index in [9.17, 15) is 9.18 Å². The number of carbonyl (C=O) groups excluding carboxylic acids is 1. The summed E-state index contributed by atoms with van der Waals surface area (Å²) in [6.07, 6.45) is 4.33. The smallest absolute Gasteiger partial charge is 0.257 e. The van der Waals surface area contributed by atoms with Gasteiger partial charge >= 0.3 is 0 Å². The molecule has 0 aliphatic rings. The Kier molecular flexibility index (Phi) is 6.46. The fourth-order valence-corrected chi connectivity index (χ4v) is 2.51. The molecule has 0 aliphatic heterocycles. The van der Waals surface area contributed by atoms with E-state index in [0.717, 1.165) is 17.7 Å². The highest BCUT2D eigenvalue weighted by atomic mass is 19.1. The number of hydrogen-bond donors (Lipinski definition) is 2. The van der Waals surface area contributed by atoms with Crippen molar-refractivity contribution >= 4 is 17.6 Å². The predicted molar refractivity (Wildman–Crippen MR) is 109 cm³/mol. The molecule has 0 radical (unpaired) electrons. The Bertz CT molecular complexity index is 939. The molecule has 0 spiro atoms. The molecule has 6 heteroatoms. The molecule has 0 saturated carbocycles. The second-order valence-electron chi connectivity index (χ2n) is 6.16. The van der Waals surface area contributed by atoms with E-state index in [-0.39, 0.29) is 5.91 Å². The lowest BCUT2D eigenvalue weighted by Gasteiger charge is -2.12. The van der Waals surface area contributed by atoms with Crippen LogP contribution in [0.25, 0.3) is 0 Å². The summed E-state index contributed by atoms with van der Waals surface area (Å²) in [7, 11) is 0. The number of guanidine groups is 1. The molecule has 1 amide bonds. The van der Waals surface area contributed by atoms with Crippen molar-refractivity contribution < 1.29 is 9.18 Å². The summed E-state index contributed by atoms with van der Waals surface area (Å²) in [5.41, 5.74) is 3.34. The Balaban J connectivity index is 1.78. The first-order chi connectivity index (χ1) is 13.6. The predicted octanol–water partition coefficient (Wildman–Crippen LogP) is 4.18. The number of nitrogens with one attached hydrogen (secondary N) is 2. The molecule has 0 saturated heterocycles. The fraction of sp³-hybridized carbons (Fsp3) is 0.136. The van der Waals surface area contributed by atoms with Crippen molar-refractivity contribution in [3.63, 3.8) is 0 Å². The number of carbonyl (C=O) groups is 1. The van der Waals surface area contributed by atoms with Crippen LogP contribution < -0.4 is 10.6 Å². The summed E-state index contributed by atoms with van der Waals surface area (Å²) >= 11 is 0. The van der Waals surface area contributed by atoms with Gasteiger partial charge in [-0.05, 0) is 66.1 Å². The van der Waals surface area contributed by atoms with Crippen LogP contribution in [0.5, 0.6) is 0 Å². The van der Waals surface area contributed by atoms with Crippen molar-refractivity contribution in [3.05, 3.63) is 95.6 Å². The third-order valence-electron chi connectivity index (χ3n) is 4.13. The lowest BCUT2D eigenvalue weighted by atomic mass is 10.1. The molecule has 3 rings (SSSR count). The number of nitrogens with zero attached hydrogens (tertiary/aromatic N) is 2. The van der Waals surface area contributed by atoms with Crippen LogP contribution in [0.2, 0.25) is 0 Å². The van der Waals surface area contributed by atoms with Gasteiger partial charge in [-0.25, -0.2) is 9.38 Å². The minimum absolute atomic E-state index is 0.315. The minimum Gasteiger partial charge on any atom is -0.326 e. The highest BCUT2D eigenvalue weighted by Gasteiger charge is 2.10. The normalized spacial score (nSPS) is 11.1. The van der Waals surface area contributed by atoms with Gasteiger partial charge in [-0.2, -0.15) is 0 Å². The zero-order chi connectivity index (χ0) is 19.8. The van der Waals surface area contributed by atoms with Gasteiger partial charge in [-0.15, -0.1) is 0 Å². The lowest BCUT2D eigenvalue weighted by Crippen LogP contribution is -2.36. The van der Waals surface area contributed by atoms with Crippen LogP contribution >= 0.6 is 0 Å². The maximum absolute atomic E-state index is 13.1. The van der Waals surface area contributed by atoms with E-state index in [1.807, 2.05) is 36.4 Å². The van der Waals surface area contributed by atoms with E-state index in [0.29, 0.717) is 18.1 Å². The summed E-state index contributed by atoms with van der Waals surface area (Å²) in [5, 5.41) is 5.90. The van der Waals surface area contributed by atoms with Crippen LogP contribution in [0.15, 0.2) is 78.0 Å². The number of aromatic nitrogens is 1. The first kappa shape index (κ1) is 19.2. The molecular weight excluding hydrogens is 355 g/mol. The quantitative estimate of drug-likeness (QED) is 0.519. The molecule has 1 heterocycles. The number of hydrogen-bond acceptors (Lipinski definition) is 3. The Morgan fingerprint density at radius 2 is 1.64 bits per heavy atom. The molecule has 0 fully saturated rings. The number of aryl methyl sites for hydroxylation is 1. The molecule has 28 heavy (non-hydrogen) atoms. The van der Waals surface area contributed by atoms with Crippen molar-refractivity contribution in [1.29, 1.82) is 0 Å². The lowest BCUT2D eigenvalue weighted by molar-refractivity contribution is 0.0977. The van der Waals surface area contributed by atoms with Crippen LogP contribution in [0.1, 0.15) is 28.4 Å². The van der Waals surface area contributed by atoms with Crippen LogP contribution in [0.3, 0.4) is 0 Å². The van der Waals surface area contributed by atoms with Gasteiger partial charge in [0.25, 0.3) is 5.91 Å². The molecule has 0 aliphatic carbocycles. The number of amides is 1. The van der Waals surface area contributed by atoms with Gasteiger partial charge in [0.2, 0.25) is 5.96 Å². The first-order valence-corrected chi connectivity index (χ1v) is 9.00. The van der Waals surface area contributed by atoms with Crippen LogP contribution in [-0.4, -0.2) is 16.9 Å². The number of pyridine rings is 1. The number of rotatable bonds is 5. The second-order valence-corrected chi connectivity index (χ2v) is 6.16. The Hall–Kier alpha value is -3.54. The molecule has 1 aromatic heterocycles. The Morgan fingerprint density at radius 3 is 2.29 bits per heavy atom. The molecule has 0 unspecified atom stereocenters. The van der Waals surface area contributed by atoms with Gasteiger partial charge in [0.1, 0.15) is 5.82 Å². The monoisotopic (exact) mass is 376 g/mol. The summed E-state index contributed by atoms with van der Waals surface area (Å²) < 4.78 is 13.1. The number of anilines is 1. The fourth-order valence-electron chi connectivity index (χ4n) is 2.51. The van der Waals surface area contributed by atoms with Crippen molar-refractivity contribution in [2.45, 2.75) is 19.9 Å². The minimum atomic E-state index is -0.391. The average Bonchev–Trinajstić information content (AvgIpc) is 2.73. The second kappa shape index (κ2) is 9.41. The van der Waals surface area contributed by atoms with E-state index in [2.05, 4.69) is 27.5 Å². The molecule has 5 nitrogen and oxygen atoms in total. The molecule has 0 atom stereocenters. The van der Waals surface area contributed by atoms with Crippen LogP contribution in [0.4, 0.5) is 10.1 Å². The average molecular weight is 376 g/mol. The zero-order valence-corrected chi connectivity index (χ0v) is 15.5. The van der Waals surface area contributed by atoms with E-state index in [4.69, 9.17) is 0 Å². The number of halogens is 1. The van der Waals surface area contributed by atoms with Crippen molar-refractivity contribution in [3.8, 4) is 0 Å². The van der Waals surface area contributed by atoms with E-state index in [1.165, 1.54) is 29.8 Å². The molecular formula is C22H21FN4O. The van der Waals surface area contributed by atoms with Crippen molar-refractivity contribution in [2.24, 2.45) is 4.99 Å². The number of benzene rings is 2. The molecule has 2 aromatic carbocycles. The maximum atomic E-state index is 13.1. The zero-order valence-electron chi connectivity index (χ0n) is 15.5. The molecule has 142 valence electrons. The van der Waals surface area contributed by atoms with Gasteiger partial charge in [-0.3, -0.25) is 15.1 Å². The molecule has 0 bridgehead atoms. The topological polar surface area (TPSA) is 66.4 Å². The highest BCUT2D eigenvalue weighted by Crippen LogP contribution is 2.11. The third-order valence-corrected chi connectivity index (χ3v) is 4.13. The summed E-state index contributed by atoms with van der Waals surface area (Å²) in [5.74, 6) is -0.446. The molecule has 3 aromatic rings. The standard InChI is InChI=1S/C22H21FN4O/c1-2-16-3-9-20(10-4-16)26-22(25-15-17-11-13-24-14-12-17)27-21(28)18-5-7-19(23)8-6-18/h3-14H,2,15H2,1H3,(H2,25,26,27,28). The largest absolute Gasteiger partial charge is 0.326 e. The SMILES string of the molecule is CCc1ccc(NC(=NCc2ccncc2)NC(=O)c2ccc(F)cc2)cc1. The van der Waals surface area contributed by atoms with Crippen molar-refractivity contribution in [1.82, 2.24) is 10.3 Å².